The molecule has 0 heterocycles. The summed E-state index contributed by atoms with van der Waals surface area (Å²) in [6.45, 7) is 6.18. The standard InChI is InChI=1S/C15H20O4/c1-12(2)15(17)19-11-5-3-4-10-18-14-8-6-13(16)7-9-14/h6-9,16H,1,3-5,10-11H2,2H3. The van der Waals surface area contributed by atoms with Crippen LogP contribution in [0, 0.1) is 0 Å². The summed E-state index contributed by atoms with van der Waals surface area (Å²) in [4.78, 5) is 11.1. The largest absolute Gasteiger partial charge is 0.508 e. The second-order valence-corrected chi connectivity index (χ2v) is 4.32. The van der Waals surface area contributed by atoms with Crippen molar-refractivity contribution in [1.29, 1.82) is 0 Å². The minimum absolute atomic E-state index is 0.228. The van der Waals surface area contributed by atoms with Crippen LogP contribution in [0.15, 0.2) is 36.4 Å². The van der Waals surface area contributed by atoms with Crippen LogP contribution < -0.4 is 4.74 Å². The molecule has 1 rings (SSSR count). The zero-order valence-corrected chi connectivity index (χ0v) is 11.2. The molecule has 4 heteroatoms. The monoisotopic (exact) mass is 264 g/mol. The molecule has 0 radical (unpaired) electrons. The van der Waals surface area contributed by atoms with Crippen LogP contribution in [0.25, 0.3) is 0 Å². The second kappa shape index (κ2) is 8.19. The summed E-state index contributed by atoms with van der Waals surface area (Å²) in [6.07, 6.45) is 2.64. The number of phenolic OH excluding ortho intramolecular Hbond substituents is 1. The van der Waals surface area contributed by atoms with E-state index in [1.165, 1.54) is 0 Å². The molecule has 1 aromatic carbocycles. The lowest BCUT2D eigenvalue weighted by Crippen LogP contribution is -2.06. The summed E-state index contributed by atoms with van der Waals surface area (Å²) in [5.74, 6) is 0.638. The van der Waals surface area contributed by atoms with Crippen LogP contribution in [-0.4, -0.2) is 24.3 Å². The van der Waals surface area contributed by atoms with Gasteiger partial charge in [-0.2, -0.15) is 0 Å². The first-order chi connectivity index (χ1) is 9.09. The Kier molecular flexibility index (Phi) is 6.50. The van der Waals surface area contributed by atoms with Gasteiger partial charge in [0.15, 0.2) is 0 Å². The Bertz CT molecular complexity index is 409. The van der Waals surface area contributed by atoms with Crippen molar-refractivity contribution in [3.05, 3.63) is 36.4 Å². The average molecular weight is 264 g/mol. The van der Waals surface area contributed by atoms with E-state index in [0.717, 1.165) is 25.0 Å². The zero-order chi connectivity index (χ0) is 14.1. The molecule has 0 bridgehead atoms. The zero-order valence-electron chi connectivity index (χ0n) is 11.2. The number of unbranched alkanes of at least 4 members (excludes halogenated alkanes) is 2. The molecule has 0 aliphatic rings. The molecule has 0 aliphatic heterocycles. The molecule has 0 unspecified atom stereocenters. The number of benzene rings is 1. The van der Waals surface area contributed by atoms with Gasteiger partial charge in [-0.15, -0.1) is 0 Å². The van der Waals surface area contributed by atoms with Gasteiger partial charge in [-0.3, -0.25) is 0 Å². The highest BCUT2D eigenvalue weighted by Crippen LogP contribution is 2.16. The lowest BCUT2D eigenvalue weighted by molar-refractivity contribution is -0.139. The van der Waals surface area contributed by atoms with Gasteiger partial charge in [0.25, 0.3) is 0 Å². The maximum Gasteiger partial charge on any atom is 0.333 e. The highest BCUT2D eigenvalue weighted by molar-refractivity contribution is 5.86. The summed E-state index contributed by atoms with van der Waals surface area (Å²) < 4.78 is 10.5. The molecule has 19 heavy (non-hydrogen) atoms. The van der Waals surface area contributed by atoms with Crippen LogP contribution in [-0.2, 0) is 9.53 Å². The highest BCUT2D eigenvalue weighted by atomic mass is 16.5. The van der Waals surface area contributed by atoms with Gasteiger partial charge in [0.05, 0.1) is 13.2 Å². The maximum atomic E-state index is 11.1. The SMILES string of the molecule is C=C(C)C(=O)OCCCCCOc1ccc(O)cc1. The van der Waals surface area contributed by atoms with Gasteiger partial charge >= 0.3 is 5.97 Å². The molecular weight excluding hydrogens is 244 g/mol. The van der Waals surface area contributed by atoms with Crippen molar-refractivity contribution in [3.63, 3.8) is 0 Å². The molecule has 1 N–H and O–H groups in total. The lowest BCUT2D eigenvalue weighted by atomic mass is 10.2. The third-order valence-electron chi connectivity index (χ3n) is 2.48. The maximum absolute atomic E-state index is 11.1. The van der Waals surface area contributed by atoms with E-state index >= 15 is 0 Å². The summed E-state index contributed by atoms with van der Waals surface area (Å²) >= 11 is 0. The summed E-state index contributed by atoms with van der Waals surface area (Å²) in [5.41, 5.74) is 0.427. The van der Waals surface area contributed by atoms with E-state index in [1.54, 1.807) is 31.2 Å². The Hall–Kier alpha value is -1.97. The van der Waals surface area contributed by atoms with Gasteiger partial charge in [-0.1, -0.05) is 6.58 Å². The lowest BCUT2D eigenvalue weighted by Gasteiger charge is -2.06. The fourth-order valence-electron chi connectivity index (χ4n) is 1.40. The van der Waals surface area contributed by atoms with Crippen molar-refractivity contribution in [2.24, 2.45) is 0 Å². The van der Waals surface area contributed by atoms with Crippen LogP contribution in [0.2, 0.25) is 0 Å². The molecular formula is C15H20O4. The Morgan fingerprint density at radius 1 is 1.16 bits per heavy atom. The first-order valence-electron chi connectivity index (χ1n) is 6.34. The van der Waals surface area contributed by atoms with Gasteiger partial charge in [0, 0.05) is 5.57 Å². The predicted molar refractivity (Wildman–Crippen MR) is 73.2 cm³/mol. The Balaban J connectivity index is 2.01. The van der Waals surface area contributed by atoms with Crippen LogP contribution >= 0.6 is 0 Å². The molecule has 0 saturated heterocycles. The van der Waals surface area contributed by atoms with Crippen LogP contribution in [0.1, 0.15) is 26.2 Å². The molecule has 0 aliphatic carbocycles. The molecule has 0 spiro atoms. The van der Waals surface area contributed by atoms with E-state index in [9.17, 15) is 4.79 Å². The van der Waals surface area contributed by atoms with Crippen molar-refractivity contribution in [3.8, 4) is 11.5 Å². The molecule has 0 saturated carbocycles. The first kappa shape index (κ1) is 15.1. The molecule has 4 nitrogen and oxygen atoms in total. The number of carbonyl (C=O) groups is 1. The van der Waals surface area contributed by atoms with Gasteiger partial charge in [-0.25, -0.2) is 4.79 Å². The summed E-state index contributed by atoms with van der Waals surface area (Å²) in [6, 6.07) is 6.63. The molecule has 0 amide bonds. The number of phenols is 1. The predicted octanol–water partition coefficient (Wildman–Crippen LogP) is 3.06. The van der Waals surface area contributed by atoms with Crippen LogP contribution in [0.4, 0.5) is 0 Å². The third kappa shape index (κ3) is 6.50. The van der Waals surface area contributed by atoms with E-state index in [2.05, 4.69) is 6.58 Å². The number of esters is 1. The normalized spacial score (nSPS) is 9.95. The van der Waals surface area contributed by atoms with Gasteiger partial charge in [-0.05, 0) is 50.5 Å². The molecule has 0 aromatic heterocycles. The molecule has 104 valence electrons. The van der Waals surface area contributed by atoms with Crippen LogP contribution in [0.5, 0.6) is 11.5 Å². The number of hydrogen-bond donors (Lipinski definition) is 1. The van der Waals surface area contributed by atoms with Gasteiger partial charge in [0.2, 0.25) is 0 Å². The van der Waals surface area contributed by atoms with E-state index in [4.69, 9.17) is 14.6 Å². The van der Waals surface area contributed by atoms with Gasteiger partial charge < -0.3 is 14.6 Å². The van der Waals surface area contributed by atoms with Crippen molar-refractivity contribution in [2.75, 3.05) is 13.2 Å². The van der Waals surface area contributed by atoms with Crippen molar-refractivity contribution < 1.29 is 19.4 Å². The summed E-state index contributed by atoms with van der Waals surface area (Å²) in [7, 11) is 0. The Morgan fingerprint density at radius 3 is 2.42 bits per heavy atom. The van der Waals surface area contributed by atoms with Crippen LogP contribution in [0.3, 0.4) is 0 Å². The van der Waals surface area contributed by atoms with Crippen molar-refractivity contribution in [1.82, 2.24) is 0 Å². The number of aromatic hydroxyl groups is 1. The quantitative estimate of drug-likeness (QED) is 0.445. The van der Waals surface area contributed by atoms with E-state index in [0.29, 0.717) is 18.8 Å². The van der Waals surface area contributed by atoms with E-state index in [1.807, 2.05) is 0 Å². The van der Waals surface area contributed by atoms with E-state index in [-0.39, 0.29) is 11.7 Å². The number of hydrogen-bond acceptors (Lipinski definition) is 4. The fraction of sp³-hybridized carbons (Fsp3) is 0.400. The average Bonchev–Trinajstić information content (AvgIpc) is 2.39. The third-order valence-corrected chi connectivity index (χ3v) is 2.48. The smallest absolute Gasteiger partial charge is 0.333 e. The second-order valence-electron chi connectivity index (χ2n) is 4.32. The molecule has 0 atom stereocenters. The van der Waals surface area contributed by atoms with Crippen molar-refractivity contribution in [2.45, 2.75) is 26.2 Å². The number of ether oxygens (including phenoxy) is 2. The van der Waals surface area contributed by atoms with E-state index < -0.39 is 0 Å². The number of rotatable bonds is 8. The minimum atomic E-state index is -0.333. The fourth-order valence-corrected chi connectivity index (χ4v) is 1.40. The van der Waals surface area contributed by atoms with Crippen molar-refractivity contribution >= 4 is 5.97 Å². The highest BCUT2D eigenvalue weighted by Gasteiger charge is 2.01. The molecule has 1 aromatic rings. The minimum Gasteiger partial charge on any atom is -0.508 e. The Morgan fingerprint density at radius 2 is 1.79 bits per heavy atom. The number of carbonyl (C=O) groups excluding carboxylic acids is 1. The topological polar surface area (TPSA) is 55.8 Å². The van der Waals surface area contributed by atoms with Gasteiger partial charge in [0.1, 0.15) is 11.5 Å². The Labute approximate surface area is 113 Å². The first-order valence-corrected chi connectivity index (χ1v) is 6.34. The molecule has 0 fully saturated rings. The summed E-state index contributed by atoms with van der Waals surface area (Å²) in [5, 5.41) is 9.11.